The summed E-state index contributed by atoms with van der Waals surface area (Å²) in [7, 11) is 0. The van der Waals surface area contributed by atoms with Crippen LogP contribution in [0.25, 0.3) is 21.5 Å². The quantitative estimate of drug-likeness (QED) is 0.0588. The summed E-state index contributed by atoms with van der Waals surface area (Å²) in [6, 6.07) is 107. The molecule has 2 heteroatoms. The van der Waals surface area contributed by atoms with Gasteiger partial charge in [0, 0.05) is 66.0 Å². The summed E-state index contributed by atoms with van der Waals surface area (Å²) in [5.74, 6) is 0.516. The first kappa shape index (κ1) is 64.8. The average molecular weight is 1230 g/mol. The summed E-state index contributed by atoms with van der Waals surface area (Å²) < 4.78 is 0. The van der Waals surface area contributed by atoms with E-state index in [1.54, 1.807) is 0 Å². The highest BCUT2D eigenvalue weighted by atomic mass is 15.2. The van der Waals surface area contributed by atoms with Crippen LogP contribution in [-0.4, -0.2) is 0 Å². The Bertz CT molecular complexity index is 4350. The van der Waals surface area contributed by atoms with Gasteiger partial charge < -0.3 is 9.80 Å². The third kappa shape index (κ3) is 13.2. The van der Waals surface area contributed by atoms with Gasteiger partial charge in [-0.1, -0.05) is 334 Å². The summed E-state index contributed by atoms with van der Waals surface area (Å²) in [6.45, 7) is 33.0. The molecule has 0 heterocycles. The Morgan fingerprint density at radius 1 is 0.245 bits per heavy atom. The lowest BCUT2D eigenvalue weighted by atomic mass is 9.69. The van der Waals surface area contributed by atoms with Crippen LogP contribution in [-0.2, 0) is 34.5 Å². The van der Waals surface area contributed by atoms with Gasteiger partial charge in [0.1, 0.15) is 0 Å². The van der Waals surface area contributed by atoms with Gasteiger partial charge in [0.2, 0.25) is 0 Å². The Morgan fingerprint density at radius 3 is 0.713 bits per heavy atom. The number of aryl methyl sites for hydroxylation is 2. The lowest BCUT2D eigenvalue weighted by Gasteiger charge is -2.36. The van der Waals surface area contributed by atoms with E-state index >= 15 is 0 Å². The van der Waals surface area contributed by atoms with Crippen molar-refractivity contribution in [1.29, 1.82) is 0 Å². The van der Waals surface area contributed by atoms with Crippen LogP contribution < -0.4 is 9.80 Å². The van der Waals surface area contributed by atoms with Gasteiger partial charge in [-0.3, -0.25) is 0 Å². The molecule has 94 heavy (non-hydrogen) atoms. The molecule has 0 spiro atoms. The number of fused-ring (bicyclic) bond motifs is 2. The summed E-state index contributed by atoms with van der Waals surface area (Å²) in [5.41, 5.74) is 20.7. The lowest BCUT2D eigenvalue weighted by Crippen LogP contribution is -2.23. The van der Waals surface area contributed by atoms with Gasteiger partial charge in [0.15, 0.2) is 0 Å². The topological polar surface area (TPSA) is 6.48 Å². The monoisotopic (exact) mass is 1230 g/mol. The van der Waals surface area contributed by atoms with Crippen LogP contribution in [0.15, 0.2) is 285 Å². The first-order valence-electron chi connectivity index (χ1n) is 34.2. The predicted octanol–water partition coefficient (Wildman–Crippen LogP) is 25.6. The van der Waals surface area contributed by atoms with Gasteiger partial charge in [-0.15, -0.1) is 0 Å². The normalized spacial score (nSPS) is 12.9. The van der Waals surface area contributed by atoms with E-state index in [2.05, 4.69) is 392 Å². The summed E-state index contributed by atoms with van der Waals surface area (Å²) in [6.07, 6.45) is 3.19. The standard InChI is InChI=1S/C92H96N2/c1-87(2,3)64-84(88(4,5)6)67-44-40-65(41-45-67)38-39-66-42-46-71(47-43-66)92(13,14)75-54-62-79(63-55-75)94(78-60-52-74(53-61-78)91(11,12)70-32-22-17-23-33-70)86-82-36-26-24-34-80(82)85(81-35-25-27-37-83(81)86)93(76-56-48-72(49-57-76)89(7,8)68-28-18-15-19-29-68)77-58-50-73(51-59-77)90(9,10)69-30-20-16-21-31-69/h15-37,40-63,84H,38-39,64H2,1-14H3. The SMILES string of the molecule is CC(C)(C)CC(c1ccc(CCc2ccc(C(C)(C)c3ccc(N(c4ccc(C(C)(C)c5ccccc5)cc4)c4c5ccccc5c(N(c5ccc(C(C)(C)c6ccccc6)cc5)c5ccc(C(C)(C)c6ccccc6)cc5)c5ccccc45)cc3)cc2)cc1)C(C)(C)C. The van der Waals surface area contributed by atoms with Crippen LogP contribution in [0, 0.1) is 10.8 Å². The fourth-order valence-electron chi connectivity index (χ4n) is 14.5. The molecule has 0 amide bonds. The van der Waals surface area contributed by atoms with Crippen LogP contribution in [0.4, 0.5) is 34.1 Å². The maximum atomic E-state index is 2.52. The largest absolute Gasteiger partial charge is 0.309 e. The molecule has 0 aliphatic carbocycles. The van der Waals surface area contributed by atoms with Gasteiger partial charge in [-0.2, -0.15) is 0 Å². The summed E-state index contributed by atoms with van der Waals surface area (Å²) in [4.78, 5) is 5.03. The molecule has 0 bridgehead atoms. The van der Waals surface area contributed by atoms with E-state index < -0.39 is 0 Å². The van der Waals surface area contributed by atoms with Crippen LogP contribution >= 0.6 is 0 Å². The van der Waals surface area contributed by atoms with Gasteiger partial charge in [0.05, 0.1) is 11.4 Å². The van der Waals surface area contributed by atoms with Crippen LogP contribution in [0.3, 0.4) is 0 Å². The molecular formula is C92H96N2. The Balaban J connectivity index is 0.945. The Labute approximate surface area is 563 Å². The van der Waals surface area contributed by atoms with E-state index in [0.717, 1.165) is 68.5 Å². The molecule has 2 nitrogen and oxygen atoms in total. The Hall–Kier alpha value is -9.24. The smallest absolute Gasteiger partial charge is 0.0619 e. The van der Waals surface area contributed by atoms with Gasteiger partial charge >= 0.3 is 0 Å². The van der Waals surface area contributed by atoms with Crippen molar-refractivity contribution in [2.24, 2.45) is 10.8 Å². The van der Waals surface area contributed by atoms with Crippen molar-refractivity contribution in [2.75, 3.05) is 9.80 Å². The second kappa shape index (κ2) is 25.9. The first-order valence-corrected chi connectivity index (χ1v) is 34.2. The molecule has 0 aliphatic heterocycles. The first-order chi connectivity index (χ1) is 44.9. The lowest BCUT2D eigenvalue weighted by molar-refractivity contribution is 0.229. The van der Waals surface area contributed by atoms with E-state index in [1.807, 2.05) is 0 Å². The van der Waals surface area contributed by atoms with Gasteiger partial charge in [-0.05, 0) is 146 Å². The third-order valence-corrected chi connectivity index (χ3v) is 20.8. The molecule has 0 radical (unpaired) electrons. The minimum Gasteiger partial charge on any atom is -0.309 e. The molecule has 12 aromatic carbocycles. The molecule has 12 rings (SSSR count). The zero-order valence-corrected chi connectivity index (χ0v) is 58.2. The van der Waals surface area contributed by atoms with E-state index in [4.69, 9.17) is 0 Å². The number of hydrogen-bond donors (Lipinski definition) is 0. The zero-order chi connectivity index (χ0) is 66.2. The van der Waals surface area contributed by atoms with Crippen molar-refractivity contribution >= 4 is 55.7 Å². The Morgan fingerprint density at radius 2 is 0.468 bits per heavy atom. The van der Waals surface area contributed by atoms with Crippen molar-refractivity contribution in [3.63, 3.8) is 0 Å². The molecule has 1 unspecified atom stereocenters. The minimum absolute atomic E-state index is 0.202. The van der Waals surface area contributed by atoms with E-state index in [0.29, 0.717) is 5.92 Å². The van der Waals surface area contributed by atoms with Gasteiger partial charge in [0.25, 0.3) is 0 Å². The molecule has 474 valence electrons. The van der Waals surface area contributed by atoms with E-state index in [1.165, 1.54) is 67.6 Å². The number of rotatable bonds is 19. The van der Waals surface area contributed by atoms with Crippen molar-refractivity contribution in [3.8, 4) is 0 Å². The second-order valence-electron chi connectivity index (χ2n) is 30.9. The minimum atomic E-state index is -0.255. The highest BCUT2D eigenvalue weighted by molar-refractivity contribution is 6.23. The van der Waals surface area contributed by atoms with Crippen LogP contribution in [0.5, 0.6) is 0 Å². The molecule has 0 saturated carbocycles. The van der Waals surface area contributed by atoms with Crippen LogP contribution in [0.2, 0.25) is 0 Å². The average Bonchev–Trinajstić information content (AvgIpc) is 0.723. The number of nitrogens with zero attached hydrogens (tertiary/aromatic N) is 2. The number of hydrogen-bond acceptors (Lipinski definition) is 2. The molecule has 1 atom stereocenters. The third-order valence-electron chi connectivity index (χ3n) is 20.8. The molecule has 0 aromatic heterocycles. The van der Waals surface area contributed by atoms with Crippen molar-refractivity contribution in [1.82, 2.24) is 0 Å². The predicted molar refractivity (Wildman–Crippen MR) is 405 cm³/mol. The van der Waals surface area contributed by atoms with E-state index in [-0.39, 0.29) is 32.5 Å². The molecule has 0 fully saturated rings. The maximum Gasteiger partial charge on any atom is 0.0619 e. The number of anilines is 6. The van der Waals surface area contributed by atoms with Crippen LogP contribution in [0.1, 0.15) is 170 Å². The molecule has 0 saturated heterocycles. The summed E-state index contributed by atoms with van der Waals surface area (Å²) >= 11 is 0. The fourth-order valence-corrected chi connectivity index (χ4v) is 14.5. The highest BCUT2D eigenvalue weighted by Gasteiger charge is 2.33. The van der Waals surface area contributed by atoms with Crippen molar-refractivity contribution in [3.05, 3.63) is 346 Å². The van der Waals surface area contributed by atoms with Crippen molar-refractivity contribution in [2.45, 2.75) is 144 Å². The zero-order valence-electron chi connectivity index (χ0n) is 58.2. The Kier molecular flexibility index (Phi) is 17.9. The molecular weight excluding hydrogens is 1130 g/mol. The molecule has 0 aliphatic rings. The van der Waals surface area contributed by atoms with Gasteiger partial charge in [-0.25, -0.2) is 0 Å². The summed E-state index contributed by atoms with van der Waals surface area (Å²) in [5, 5.41) is 4.63. The molecule has 0 N–H and O–H groups in total. The number of benzene rings is 12. The molecule has 12 aromatic rings. The fraction of sp³-hybridized carbons (Fsp3) is 0.261. The van der Waals surface area contributed by atoms with E-state index in [9.17, 15) is 0 Å². The van der Waals surface area contributed by atoms with Crippen molar-refractivity contribution < 1.29 is 0 Å². The second-order valence-corrected chi connectivity index (χ2v) is 30.9. The highest BCUT2D eigenvalue weighted by Crippen LogP contribution is 2.53. The maximum absolute atomic E-state index is 2.52.